The van der Waals surface area contributed by atoms with Crippen molar-refractivity contribution in [3.63, 3.8) is 0 Å². The Morgan fingerprint density at radius 2 is 2.43 bits per heavy atom. The van der Waals surface area contributed by atoms with Crippen molar-refractivity contribution in [1.29, 1.82) is 0 Å². The molecule has 0 bridgehead atoms. The minimum atomic E-state index is 0.635. The fourth-order valence-corrected chi connectivity index (χ4v) is 1.66. The zero-order valence-electron chi connectivity index (χ0n) is 4.41. The predicted octanol–water partition coefficient (Wildman–Crippen LogP) is 1.95. The van der Waals surface area contributed by atoms with Crippen LogP contribution in [0, 0.1) is 0 Å². The quantitative estimate of drug-likeness (QED) is 0.356. The van der Waals surface area contributed by atoms with E-state index in [-0.39, 0.29) is 0 Å². The summed E-state index contributed by atoms with van der Waals surface area (Å²) in [4.78, 5) is 0. The Kier molecular flexibility index (Phi) is 5.07. The summed E-state index contributed by atoms with van der Waals surface area (Å²) in [5.74, 6) is 2.82. The van der Waals surface area contributed by atoms with Crippen LogP contribution in [-0.4, -0.2) is 20.8 Å². The van der Waals surface area contributed by atoms with Crippen molar-refractivity contribution < 1.29 is 0 Å². The molecule has 0 saturated heterocycles. The number of hydrogen-bond acceptors (Lipinski definition) is 0. The van der Waals surface area contributed by atoms with E-state index in [1.54, 1.807) is 0 Å². The van der Waals surface area contributed by atoms with Gasteiger partial charge in [-0.1, -0.05) is 0 Å². The third-order valence-electron chi connectivity index (χ3n) is 0.537. The van der Waals surface area contributed by atoms with E-state index in [0.717, 1.165) is 5.32 Å². The molecule has 0 aromatic heterocycles. The van der Waals surface area contributed by atoms with Crippen LogP contribution in [0.4, 0.5) is 0 Å². The van der Waals surface area contributed by atoms with Gasteiger partial charge >= 0.3 is 55.7 Å². The third kappa shape index (κ3) is 4.40. The number of halogens is 1. The second-order valence-corrected chi connectivity index (χ2v) is 3.40. The maximum absolute atomic E-state index is 5.44. The van der Waals surface area contributed by atoms with Crippen molar-refractivity contribution in [3.05, 3.63) is 12.2 Å². The number of hydrogen-bond donors (Lipinski definition) is 0. The number of rotatable bonds is 3. The van der Waals surface area contributed by atoms with Crippen LogP contribution in [0.25, 0.3) is 0 Å². The summed E-state index contributed by atoms with van der Waals surface area (Å²) in [6.07, 6.45) is 0. The standard InChI is InChI=1S/C5H9ClSe/c1-5(3-6)4-7-2/h1,3-4H2,2H3. The summed E-state index contributed by atoms with van der Waals surface area (Å²) in [5, 5.41) is 1.14. The molecular weight excluding hydrogens is 174 g/mol. The van der Waals surface area contributed by atoms with E-state index >= 15 is 0 Å². The average molecular weight is 184 g/mol. The van der Waals surface area contributed by atoms with E-state index in [0.29, 0.717) is 20.8 Å². The molecule has 0 aromatic rings. The van der Waals surface area contributed by atoms with E-state index in [1.165, 1.54) is 5.57 Å². The normalized spacial score (nSPS) is 8.86. The zero-order valence-corrected chi connectivity index (χ0v) is 6.88. The number of alkyl halides is 1. The first-order valence-corrected chi connectivity index (χ1v) is 5.48. The molecule has 0 saturated carbocycles. The molecule has 0 heterocycles. The van der Waals surface area contributed by atoms with Gasteiger partial charge in [0.1, 0.15) is 0 Å². The van der Waals surface area contributed by atoms with Gasteiger partial charge in [0.15, 0.2) is 0 Å². The van der Waals surface area contributed by atoms with Gasteiger partial charge in [0.05, 0.1) is 0 Å². The second-order valence-electron chi connectivity index (χ2n) is 1.32. The molecule has 0 aromatic carbocycles. The zero-order chi connectivity index (χ0) is 5.70. The van der Waals surface area contributed by atoms with E-state index < -0.39 is 0 Å². The van der Waals surface area contributed by atoms with Crippen LogP contribution in [0.5, 0.6) is 0 Å². The molecule has 0 unspecified atom stereocenters. The first-order valence-electron chi connectivity index (χ1n) is 2.02. The Hall–Kier alpha value is 0.549. The summed E-state index contributed by atoms with van der Waals surface area (Å²) in [7, 11) is 0. The molecule has 0 amide bonds. The molecular formula is C5H9ClSe. The van der Waals surface area contributed by atoms with Crippen LogP contribution < -0.4 is 0 Å². The fraction of sp³-hybridized carbons (Fsp3) is 0.600. The van der Waals surface area contributed by atoms with Crippen LogP contribution in [0.1, 0.15) is 0 Å². The van der Waals surface area contributed by atoms with Crippen molar-refractivity contribution in [2.75, 3.05) is 5.88 Å². The van der Waals surface area contributed by atoms with Gasteiger partial charge < -0.3 is 0 Å². The van der Waals surface area contributed by atoms with Crippen molar-refractivity contribution in [3.8, 4) is 0 Å². The molecule has 0 N–H and O–H groups in total. The molecule has 0 rings (SSSR count). The molecule has 7 heavy (non-hydrogen) atoms. The first-order chi connectivity index (χ1) is 3.31. The summed E-state index contributed by atoms with van der Waals surface area (Å²) in [6, 6.07) is 0. The van der Waals surface area contributed by atoms with Crippen LogP contribution in [0.3, 0.4) is 0 Å². The summed E-state index contributed by atoms with van der Waals surface area (Å²) >= 11 is 6.16. The topological polar surface area (TPSA) is 0 Å². The van der Waals surface area contributed by atoms with Gasteiger partial charge in [-0.3, -0.25) is 0 Å². The molecule has 0 aliphatic rings. The van der Waals surface area contributed by atoms with Crippen LogP contribution >= 0.6 is 11.6 Å². The summed E-state index contributed by atoms with van der Waals surface area (Å²) in [5.41, 5.74) is 1.17. The molecule has 42 valence electrons. The van der Waals surface area contributed by atoms with Gasteiger partial charge in [-0.15, -0.1) is 0 Å². The van der Waals surface area contributed by atoms with Crippen molar-refractivity contribution in [2.24, 2.45) is 0 Å². The Labute approximate surface area is 56.1 Å². The molecule has 0 aliphatic heterocycles. The molecule has 0 nitrogen and oxygen atoms in total. The van der Waals surface area contributed by atoms with E-state index in [4.69, 9.17) is 11.6 Å². The number of allylic oxidation sites excluding steroid dienone is 1. The minimum absolute atomic E-state index is 0.635. The van der Waals surface area contributed by atoms with Gasteiger partial charge in [0.25, 0.3) is 0 Å². The third-order valence-corrected chi connectivity index (χ3v) is 2.38. The van der Waals surface area contributed by atoms with Gasteiger partial charge in [0, 0.05) is 0 Å². The SMILES string of the molecule is C=C(CCl)C[Se]C. The van der Waals surface area contributed by atoms with Crippen LogP contribution in [0.15, 0.2) is 12.2 Å². The molecule has 0 fully saturated rings. The van der Waals surface area contributed by atoms with E-state index in [2.05, 4.69) is 12.4 Å². The van der Waals surface area contributed by atoms with Gasteiger partial charge in [-0.05, 0) is 0 Å². The van der Waals surface area contributed by atoms with Gasteiger partial charge in [0.2, 0.25) is 0 Å². The monoisotopic (exact) mass is 184 g/mol. The Bertz CT molecular complexity index is 61.1. The van der Waals surface area contributed by atoms with Crippen molar-refractivity contribution in [2.45, 2.75) is 11.1 Å². The predicted molar refractivity (Wildman–Crippen MR) is 36.3 cm³/mol. The van der Waals surface area contributed by atoms with E-state index in [1.807, 2.05) is 0 Å². The first kappa shape index (κ1) is 7.55. The molecule has 0 aliphatic carbocycles. The molecule has 0 radical (unpaired) electrons. The van der Waals surface area contributed by atoms with Crippen LogP contribution in [-0.2, 0) is 0 Å². The Morgan fingerprint density at radius 1 is 1.86 bits per heavy atom. The maximum atomic E-state index is 5.44. The molecule has 0 spiro atoms. The summed E-state index contributed by atoms with van der Waals surface area (Å²) in [6.45, 7) is 3.75. The average Bonchev–Trinajstić information content (AvgIpc) is 1.68. The van der Waals surface area contributed by atoms with E-state index in [9.17, 15) is 0 Å². The van der Waals surface area contributed by atoms with Gasteiger partial charge in [-0.25, -0.2) is 0 Å². The van der Waals surface area contributed by atoms with Crippen molar-refractivity contribution >= 4 is 26.6 Å². The molecule has 2 heteroatoms. The Balaban J connectivity index is 3.00. The Morgan fingerprint density at radius 3 is 2.57 bits per heavy atom. The van der Waals surface area contributed by atoms with Gasteiger partial charge in [-0.2, -0.15) is 0 Å². The molecule has 0 atom stereocenters. The van der Waals surface area contributed by atoms with Crippen LogP contribution in [0.2, 0.25) is 11.1 Å². The fourth-order valence-electron chi connectivity index (χ4n) is 0.243. The summed E-state index contributed by atoms with van der Waals surface area (Å²) < 4.78 is 0. The van der Waals surface area contributed by atoms with Crippen molar-refractivity contribution in [1.82, 2.24) is 0 Å². The second kappa shape index (κ2) is 4.70.